The predicted octanol–water partition coefficient (Wildman–Crippen LogP) is 4.97. The quantitative estimate of drug-likeness (QED) is 0.333. The van der Waals surface area contributed by atoms with Crippen molar-refractivity contribution in [2.45, 2.75) is 0 Å². The second-order valence-electron chi connectivity index (χ2n) is 6.22. The van der Waals surface area contributed by atoms with E-state index < -0.39 is 0 Å². The maximum atomic E-state index is 3.42. The Morgan fingerprint density at radius 1 is 0.667 bits per heavy atom. The SMILES string of the molecule is C[n+]1c2ccccc2c(-c2c[nH]c3ccccc23)c2ccccc21. The predicted molar refractivity (Wildman–Crippen MR) is 99.9 cm³/mol. The van der Waals surface area contributed by atoms with Crippen LogP contribution in [0.15, 0.2) is 79.0 Å². The fourth-order valence-electron chi connectivity index (χ4n) is 3.80. The lowest BCUT2D eigenvalue weighted by molar-refractivity contribution is -0.617. The van der Waals surface area contributed by atoms with Gasteiger partial charge in [0, 0.05) is 40.4 Å². The van der Waals surface area contributed by atoms with Gasteiger partial charge >= 0.3 is 0 Å². The van der Waals surface area contributed by atoms with Crippen LogP contribution in [0.5, 0.6) is 0 Å². The Morgan fingerprint density at radius 2 is 1.21 bits per heavy atom. The zero-order valence-corrected chi connectivity index (χ0v) is 13.5. The second kappa shape index (κ2) is 4.93. The summed E-state index contributed by atoms with van der Waals surface area (Å²) in [5.74, 6) is 0. The Kier molecular flexibility index (Phi) is 2.74. The third kappa shape index (κ3) is 1.74. The maximum Gasteiger partial charge on any atom is 0.213 e. The summed E-state index contributed by atoms with van der Waals surface area (Å²) in [5.41, 5.74) is 6.23. The number of fused-ring (bicyclic) bond motifs is 3. The molecule has 0 aliphatic carbocycles. The third-order valence-corrected chi connectivity index (χ3v) is 4.93. The molecular formula is C22H17N2+. The van der Waals surface area contributed by atoms with E-state index in [1.807, 2.05) is 0 Å². The number of pyridine rings is 1. The summed E-state index contributed by atoms with van der Waals surface area (Å²) in [6, 6.07) is 25.8. The van der Waals surface area contributed by atoms with Crippen molar-refractivity contribution in [3.05, 3.63) is 79.0 Å². The molecule has 0 aliphatic rings. The molecule has 2 aromatic heterocycles. The molecule has 5 aromatic rings. The van der Waals surface area contributed by atoms with E-state index in [0.29, 0.717) is 0 Å². The van der Waals surface area contributed by atoms with Crippen molar-refractivity contribution in [1.29, 1.82) is 0 Å². The third-order valence-electron chi connectivity index (χ3n) is 4.93. The van der Waals surface area contributed by atoms with E-state index in [0.717, 1.165) is 0 Å². The number of aryl methyl sites for hydroxylation is 1. The van der Waals surface area contributed by atoms with Gasteiger partial charge in [-0.3, -0.25) is 0 Å². The van der Waals surface area contributed by atoms with Crippen molar-refractivity contribution in [3.8, 4) is 11.1 Å². The molecule has 0 amide bonds. The number of aromatic nitrogens is 2. The van der Waals surface area contributed by atoms with Crippen molar-refractivity contribution in [2.75, 3.05) is 0 Å². The van der Waals surface area contributed by atoms with Gasteiger partial charge in [-0.25, -0.2) is 0 Å². The molecule has 0 radical (unpaired) electrons. The van der Waals surface area contributed by atoms with Gasteiger partial charge in [-0.1, -0.05) is 42.5 Å². The number of hydrogen-bond donors (Lipinski definition) is 1. The van der Waals surface area contributed by atoms with Gasteiger partial charge in [0.2, 0.25) is 11.0 Å². The molecule has 0 spiro atoms. The minimum Gasteiger partial charge on any atom is -0.361 e. The largest absolute Gasteiger partial charge is 0.361 e. The van der Waals surface area contributed by atoms with Gasteiger partial charge in [0.05, 0.1) is 10.8 Å². The summed E-state index contributed by atoms with van der Waals surface area (Å²) >= 11 is 0. The van der Waals surface area contributed by atoms with E-state index in [9.17, 15) is 0 Å². The van der Waals surface area contributed by atoms with E-state index in [1.165, 1.54) is 43.8 Å². The summed E-state index contributed by atoms with van der Waals surface area (Å²) in [5, 5.41) is 3.83. The van der Waals surface area contributed by atoms with Crippen LogP contribution >= 0.6 is 0 Å². The first-order valence-corrected chi connectivity index (χ1v) is 8.20. The first-order valence-electron chi connectivity index (χ1n) is 8.20. The minimum absolute atomic E-state index is 1.17. The van der Waals surface area contributed by atoms with Gasteiger partial charge in [-0.15, -0.1) is 0 Å². The molecule has 114 valence electrons. The molecule has 24 heavy (non-hydrogen) atoms. The Bertz CT molecular complexity index is 1160. The van der Waals surface area contributed by atoms with Gasteiger partial charge in [-0.2, -0.15) is 4.57 Å². The molecule has 0 saturated heterocycles. The molecule has 0 saturated carbocycles. The molecule has 0 fully saturated rings. The fraction of sp³-hybridized carbons (Fsp3) is 0.0455. The van der Waals surface area contributed by atoms with Crippen LogP contribution < -0.4 is 4.57 Å². The first-order chi connectivity index (χ1) is 11.8. The van der Waals surface area contributed by atoms with Gasteiger partial charge < -0.3 is 4.98 Å². The number of aromatic amines is 1. The molecule has 0 atom stereocenters. The Morgan fingerprint density at radius 3 is 1.88 bits per heavy atom. The van der Waals surface area contributed by atoms with Crippen LogP contribution in [0.3, 0.4) is 0 Å². The maximum absolute atomic E-state index is 3.42. The molecule has 2 nitrogen and oxygen atoms in total. The van der Waals surface area contributed by atoms with Crippen LogP contribution in [-0.4, -0.2) is 4.98 Å². The number of para-hydroxylation sites is 3. The topological polar surface area (TPSA) is 19.7 Å². The van der Waals surface area contributed by atoms with Crippen LogP contribution in [0.25, 0.3) is 43.8 Å². The molecule has 1 N–H and O–H groups in total. The number of hydrogen-bond acceptors (Lipinski definition) is 0. The molecule has 0 bridgehead atoms. The number of nitrogens with zero attached hydrogens (tertiary/aromatic N) is 1. The summed E-state index contributed by atoms with van der Waals surface area (Å²) < 4.78 is 2.28. The molecule has 2 heteroatoms. The lowest BCUT2D eigenvalue weighted by atomic mass is 9.95. The van der Waals surface area contributed by atoms with Gasteiger partial charge in [0.15, 0.2) is 0 Å². The number of rotatable bonds is 1. The van der Waals surface area contributed by atoms with Crippen molar-refractivity contribution >= 4 is 32.7 Å². The number of benzene rings is 3. The van der Waals surface area contributed by atoms with Crippen LogP contribution in [0, 0.1) is 0 Å². The van der Waals surface area contributed by atoms with Crippen molar-refractivity contribution in [3.63, 3.8) is 0 Å². The molecule has 0 aliphatic heterocycles. The molecule has 5 rings (SSSR count). The standard InChI is InChI=1S/C22H16N2/c1-24-20-12-6-3-9-16(20)22(17-10-4-7-13-21(17)24)18-14-23-19-11-5-2-8-15(18)19/h2-14H,1H3/p+1. The van der Waals surface area contributed by atoms with Gasteiger partial charge in [-0.05, 0) is 18.2 Å². The summed E-state index contributed by atoms with van der Waals surface area (Å²) in [7, 11) is 2.14. The van der Waals surface area contributed by atoms with Crippen LogP contribution in [0.4, 0.5) is 0 Å². The molecule has 3 aromatic carbocycles. The zero-order chi connectivity index (χ0) is 16.1. The normalized spacial score (nSPS) is 11.5. The molecule has 0 unspecified atom stereocenters. The summed E-state index contributed by atoms with van der Waals surface area (Å²) in [4.78, 5) is 3.42. The highest BCUT2D eigenvalue weighted by Crippen LogP contribution is 2.37. The summed E-state index contributed by atoms with van der Waals surface area (Å²) in [6.07, 6.45) is 2.14. The summed E-state index contributed by atoms with van der Waals surface area (Å²) in [6.45, 7) is 0. The first kappa shape index (κ1) is 13.3. The Balaban J connectivity index is 2.05. The van der Waals surface area contributed by atoms with Gasteiger partial charge in [0.1, 0.15) is 7.05 Å². The highest BCUT2D eigenvalue weighted by Gasteiger charge is 2.20. The van der Waals surface area contributed by atoms with Gasteiger partial charge in [0.25, 0.3) is 0 Å². The Labute approximate surface area is 140 Å². The van der Waals surface area contributed by atoms with Crippen LogP contribution in [0.1, 0.15) is 0 Å². The monoisotopic (exact) mass is 309 g/mol. The zero-order valence-electron chi connectivity index (χ0n) is 13.5. The van der Waals surface area contributed by atoms with Crippen LogP contribution in [0.2, 0.25) is 0 Å². The van der Waals surface area contributed by atoms with E-state index in [4.69, 9.17) is 0 Å². The second-order valence-corrected chi connectivity index (χ2v) is 6.22. The smallest absolute Gasteiger partial charge is 0.213 e. The van der Waals surface area contributed by atoms with E-state index in [-0.39, 0.29) is 0 Å². The van der Waals surface area contributed by atoms with E-state index in [2.05, 4.69) is 95.6 Å². The van der Waals surface area contributed by atoms with Crippen molar-refractivity contribution in [2.24, 2.45) is 7.05 Å². The minimum atomic E-state index is 1.17. The lowest BCUT2D eigenvalue weighted by Crippen LogP contribution is -2.30. The number of nitrogens with one attached hydrogen (secondary N) is 1. The average Bonchev–Trinajstić information content (AvgIpc) is 3.06. The number of H-pyrrole nitrogens is 1. The van der Waals surface area contributed by atoms with E-state index >= 15 is 0 Å². The van der Waals surface area contributed by atoms with Crippen molar-refractivity contribution < 1.29 is 4.57 Å². The van der Waals surface area contributed by atoms with Crippen molar-refractivity contribution in [1.82, 2.24) is 4.98 Å². The van der Waals surface area contributed by atoms with Crippen LogP contribution in [-0.2, 0) is 7.05 Å². The lowest BCUT2D eigenvalue weighted by Gasteiger charge is -2.09. The highest BCUT2D eigenvalue weighted by atomic mass is 14.9. The Hall–Kier alpha value is -3.13. The average molecular weight is 309 g/mol. The fourth-order valence-corrected chi connectivity index (χ4v) is 3.80. The molecular weight excluding hydrogens is 292 g/mol. The van der Waals surface area contributed by atoms with E-state index in [1.54, 1.807) is 0 Å². The highest BCUT2D eigenvalue weighted by molar-refractivity contribution is 6.12. The molecule has 2 heterocycles.